The molecule has 4 unspecified atom stereocenters. The summed E-state index contributed by atoms with van der Waals surface area (Å²) < 4.78 is 0. The number of hydrogen-bond donors (Lipinski definition) is 2. The van der Waals surface area contributed by atoms with Crippen molar-refractivity contribution in [1.82, 2.24) is 5.32 Å². The van der Waals surface area contributed by atoms with Gasteiger partial charge in [-0.15, -0.1) is 0 Å². The van der Waals surface area contributed by atoms with Crippen LogP contribution < -0.4 is 5.32 Å². The van der Waals surface area contributed by atoms with Crippen molar-refractivity contribution in [2.45, 2.75) is 44.6 Å². The van der Waals surface area contributed by atoms with Crippen molar-refractivity contribution in [1.29, 1.82) is 0 Å². The molecule has 0 aromatic heterocycles. The van der Waals surface area contributed by atoms with Gasteiger partial charge in [0.2, 0.25) is 5.91 Å². The smallest absolute Gasteiger partial charge is 0.308 e. The van der Waals surface area contributed by atoms with Crippen LogP contribution >= 0.6 is 0 Å². The zero-order chi connectivity index (χ0) is 12.0. The molecule has 1 amide bonds. The first kappa shape index (κ1) is 11.1. The van der Waals surface area contributed by atoms with Crippen LogP contribution in [0.15, 0.2) is 0 Å². The van der Waals surface area contributed by atoms with Crippen LogP contribution in [0.5, 0.6) is 0 Å². The molecule has 2 bridgehead atoms. The van der Waals surface area contributed by atoms with Crippen LogP contribution in [-0.2, 0) is 9.59 Å². The summed E-state index contributed by atoms with van der Waals surface area (Å²) in [4.78, 5) is 23.2. The van der Waals surface area contributed by atoms with Gasteiger partial charge in [-0.25, -0.2) is 0 Å². The molecular weight excluding hydrogens is 218 g/mol. The number of carbonyl (C=O) groups is 2. The topological polar surface area (TPSA) is 66.4 Å². The van der Waals surface area contributed by atoms with E-state index in [1.165, 1.54) is 0 Å². The Morgan fingerprint density at radius 1 is 1.06 bits per heavy atom. The summed E-state index contributed by atoms with van der Waals surface area (Å²) in [5.74, 6) is -0.105. The van der Waals surface area contributed by atoms with E-state index in [1.807, 2.05) is 0 Å². The van der Waals surface area contributed by atoms with Crippen LogP contribution in [0.25, 0.3) is 0 Å². The molecule has 4 nitrogen and oxygen atoms in total. The molecule has 0 heterocycles. The predicted molar refractivity (Wildman–Crippen MR) is 61.2 cm³/mol. The number of aliphatic carboxylic acids is 1. The van der Waals surface area contributed by atoms with Crippen molar-refractivity contribution >= 4 is 11.9 Å². The molecule has 4 atom stereocenters. The maximum atomic E-state index is 11.9. The monoisotopic (exact) mass is 237 g/mol. The van der Waals surface area contributed by atoms with E-state index >= 15 is 0 Å². The molecule has 0 aromatic rings. The lowest BCUT2D eigenvalue weighted by Crippen LogP contribution is -2.49. The second-order valence-corrected chi connectivity index (χ2v) is 5.86. The number of amides is 1. The van der Waals surface area contributed by atoms with Crippen molar-refractivity contribution < 1.29 is 14.7 Å². The Bertz CT molecular complexity index is 351. The van der Waals surface area contributed by atoms with Crippen molar-refractivity contribution in [2.75, 3.05) is 0 Å². The fraction of sp³-hybridized carbons (Fsp3) is 0.846. The fourth-order valence-corrected chi connectivity index (χ4v) is 3.81. The molecule has 0 aliphatic heterocycles. The van der Waals surface area contributed by atoms with Crippen molar-refractivity contribution in [3.8, 4) is 0 Å². The predicted octanol–water partition coefficient (Wildman–Crippen LogP) is 1.40. The molecule has 0 aromatic carbocycles. The van der Waals surface area contributed by atoms with E-state index in [1.54, 1.807) is 0 Å². The molecule has 0 spiro atoms. The van der Waals surface area contributed by atoms with Gasteiger partial charge < -0.3 is 10.4 Å². The van der Waals surface area contributed by atoms with Gasteiger partial charge in [-0.2, -0.15) is 0 Å². The summed E-state index contributed by atoms with van der Waals surface area (Å²) in [5, 5.41) is 12.3. The number of carboxylic acid groups (broad SMARTS) is 1. The molecule has 3 saturated carbocycles. The van der Waals surface area contributed by atoms with Gasteiger partial charge in [0.05, 0.1) is 5.92 Å². The highest BCUT2D eigenvalue weighted by Crippen LogP contribution is 2.48. The van der Waals surface area contributed by atoms with Gasteiger partial charge in [0.1, 0.15) is 0 Å². The molecule has 4 heteroatoms. The zero-order valence-corrected chi connectivity index (χ0v) is 9.89. The van der Waals surface area contributed by atoms with Crippen LogP contribution in [0.4, 0.5) is 0 Å². The molecule has 3 fully saturated rings. The molecule has 3 aliphatic rings. The summed E-state index contributed by atoms with van der Waals surface area (Å²) in [6.45, 7) is 0. The van der Waals surface area contributed by atoms with Crippen molar-refractivity contribution in [3.05, 3.63) is 0 Å². The molecule has 0 radical (unpaired) electrons. The van der Waals surface area contributed by atoms with Crippen LogP contribution in [-0.4, -0.2) is 23.0 Å². The Balaban J connectivity index is 1.68. The Hall–Kier alpha value is -1.06. The SMILES string of the molecule is O=C(NC1C2CCC(C2)C1C(=O)O)C1CCC1. The number of fused-ring (bicyclic) bond motifs is 2. The van der Waals surface area contributed by atoms with E-state index in [0.29, 0.717) is 11.8 Å². The lowest BCUT2D eigenvalue weighted by molar-refractivity contribution is -0.145. The number of nitrogens with one attached hydrogen (secondary N) is 1. The zero-order valence-electron chi connectivity index (χ0n) is 9.89. The Kier molecular flexibility index (Phi) is 2.60. The van der Waals surface area contributed by atoms with Crippen LogP contribution in [0.1, 0.15) is 38.5 Å². The summed E-state index contributed by atoms with van der Waals surface area (Å²) >= 11 is 0. The lowest BCUT2D eigenvalue weighted by atomic mass is 9.81. The van der Waals surface area contributed by atoms with Gasteiger partial charge in [0.15, 0.2) is 0 Å². The quantitative estimate of drug-likeness (QED) is 0.779. The fourth-order valence-electron chi connectivity index (χ4n) is 3.81. The van der Waals surface area contributed by atoms with Gasteiger partial charge in [-0.05, 0) is 43.9 Å². The second-order valence-electron chi connectivity index (χ2n) is 5.86. The molecule has 3 rings (SSSR count). The van der Waals surface area contributed by atoms with Gasteiger partial charge in [-0.3, -0.25) is 9.59 Å². The van der Waals surface area contributed by atoms with Crippen molar-refractivity contribution in [3.63, 3.8) is 0 Å². The van der Waals surface area contributed by atoms with E-state index < -0.39 is 5.97 Å². The standard InChI is InChI=1S/C13H19NO3/c15-12(7-2-1-3-7)14-11-9-5-4-8(6-9)10(11)13(16)17/h7-11H,1-6H2,(H,14,15)(H,16,17). The average Bonchev–Trinajstić information content (AvgIpc) is 2.73. The van der Waals surface area contributed by atoms with E-state index in [9.17, 15) is 14.7 Å². The van der Waals surface area contributed by atoms with E-state index in [2.05, 4.69) is 5.32 Å². The second kappa shape index (κ2) is 4.00. The Morgan fingerprint density at radius 2 is 1.76 bits per heavy atom. The Labute approximate surface area is 101 Å². The highest BCUT2D eigenvalue weighted by molar-refractivity contribution is 5.81. The van der Waals surface area contributed by atoms with Crippen LogP contribution in [0, 0.1) is 23.7 Å². The van der Waals surface area contributed by atoms with Gasteiger partial charge >= 0.3 is 5.97 Å². The third-order valence-corrected chi connectivity index (χ3v) is 4.99. The average molecular weight is 237 g/mol. The first-order valence-electron chi connectivity index (χ1n) is 6.70. The maximum absolute atomic E-state index is 11.9. The molecule has 94 valence electrons. The summed E-state index contributed by atoms with van der Waals surface area (Å²) in [7, 11) is 0. The largest absolute Gasteiger partial charge is 0.481 e. The summed E-state index contributed by atoms with van der Waals surface area (Å²) in [5.41, 5.74) is 0. The van der Waals surface area contributed by atoms with Crippen LogP contribution in [0.3, 0.4) is 0 Å². The highest BCUT2D eigenvalue weighted by Gasteiger charge is 2.51. The minimum atomic E-state index is -0.726. The third-order valence-electron chi connectivity index (χ3n) is 4.99. The Morgan fingerprint density at radius 3 is 2.35 bits per heavy atom. The minimum absolute atomic E-state index is 0.0973. The normalized spacial score (nSPS) is 40.0. The van der Waals surface area contributed by atoms with Gasteiger partial charge in [0, 0.05) is 12.0 Å². The summed E-state index contributed by atoms with van der Waals surface area (Å²) in [6.07, 6.45) is 6.19. The maximum Gasteiger partial charge on any atom is 0.308 e. The minimum Gasteiger partial charge on any atom is -0.481 e. The molecule has 3 aliphatic carbocycles. The van der Waals surface area contributed by atoms with E-state index in [0.717, 1.165) is 38.5 Å². The first-order valence-corrected chi connectivity index (χ1v) is 6.70. The van der Waals surface area contributed by atoms with Crippen LogP contribution in [0.2, 0.25) is 0 Å². The van der Waals surface area contributed by atoms with E-state index in [4.69, 9.17) is 0 Å². The molecule has 0 saturated heterocycles. The lowest BCUT2D eigenvalue weighted by Gasteiger charge is -2.32. The molecular formula is C13H19NO3. The number of rotatable bonds is 3. The number of carbonyl (C=O) groups excluding carboxylic acids is 1. The number of carboxylic acids is 1. The van der Waals surface area contributed by atoms with Gasteiger partial charge in [-0.1, -0.05) is 6.42 Å². The number of hydrogen-bond acceptors (Lipinski definition) is 2. The highest BCUT2D eigenvalue weighted by atomic mass is 16.4. The first-order chi connectivity index (χ1) is 8.16. The summed E-state index contributed by atoms with van der Waals surface area (Å²) in [6, 6.07) is -0.0978. The van der Waals surface area contributed by atoms with E-state index in [-0.39, 0.29) is 23.8 Å². The van der Waals surface area contributed by atoms with Gasteiger partial charge in [0.25, 0.3) is 0 Å². The third kappa shape index (κ3) is 1.74. The van der Waals surface area contributed by atoms with Crippen molar-refractivity contribution in [2.24, 2.45) is 23.7 Å². The molecule has 17 heavy (non-hydrogen) atoms. The molecule has 2 N–H and O–H groups in total.